The molecule has 0 aliphatic carbocycles. The summed E-state index contributed by atoms with van der Waals surface area (Å²) < 4.78 is 1.11. The number of nitrogens with zero attached hydrogens (tertiary/aromatic N) is 1. The van der Waals surface area contributed by atoms with Gasteiger partial charge in [0.2, 0.25) is 0 Å². The highest BCUT2D eigenvalue weighted by Crippen LogP contribution is 2.28. The molecule has 1 aromatic carbocycles. The lowest BCUT2D eigenvalue weighted by Gasteiger charge is -2.33. The van der Waals surface area contributed by atoms with Crippen molar-refractivity contribution in [2.24, 2.45) is 0 Å². The zero-order chi connectivity index (χ0) is 13.8. The molecule has 0 aromatic heterocycles. The van der Waals surface area contributed by atoms with Crippen molar-refractivity contribution in [1.29, 1.82) is 0 Å². The molecule has 0 amide bonds. The molecular weight excluding hydrogens is 304 g/mol. The van der Waals surface area contributed by atoms with Gasteiger partial charge in [0.1, 0.15) is 0 Å². The maximum Gasteiger partial charge on any atom is 0.0574 e. The van der Waals surface area contributed by atoms with Gasteiger partial charge in [0.15, 0.2) is 0 Å². The van der Waals surface area contributed by atoms with Crippen molar-refractivity contribution in [3.8, 4) is 0 Å². The molecule has 1 aliphatic rings. The summed E-state index contributed by atoms with van der Waals surface area (Å²) in [5, 5.41) is 13.1. The van der Waals surface area contributed by atoms with Crippen LogP contribution in [0.2, 0.25) is 0 Å². The molecule has 106 valence electrons. The molecular formula is C15H23BrN2O. The fourth-order valence-corrected chi connectivity index (χ4v) is 2.75. The molecule has 0 radical (unpaired) electrons. The Morgan fingerprint density at radius 2 is 2.05 bits per heavy atom. The Hall–Kier alpha value is -0.580. The van der Waals surface area contributed by atoms with Crippen LogP contribution in [0.1, 0.15) is 32.3 Å². The summed E-state index contributed by atoms with van der Waals surface area (Å²) in [6.07, 6.45) is 1.60. The Bertz CT molecular complexity index is 415. The fourth-order valence-electron chi connectivity index (χ4n) is 2.40. The van der Waals surface area contributed by atoms with Crippen LogP contribution in [-0.4, -0.2) is 30.3 Å². The number of anilines is 1. The van der Waals surface area contributed by atoms with Crippen molar-refractivity contribution in [1.82, 2.24) is 5.32 Å². The van der Waals surface area contributed by atoms with E-state index in [1.54, 1.807) is 0 Å². The first-order valence-corrected chi connectivity index (χ1v) is 7.80. The maximum absolute atomic E-state index is 9.63. The molecule has 1 fully saturated rings. The van der Waals surface area contributed by atoms with Crippen molar-refractivity contribution < 1.29 is 5.11 Å². The second-order valence-electron chi connectivity index (χ2n) is 5.53. The molecule has 1 heterocycles. The van der Waals surface area contributed by atoms with Gasteiger partial charge < -0.3 is 15.3 Å². The van der Waals surface area contributed by atoms with Crippen molar-refractivity contribution >= 4 is 21.6 Å². The van der Waals surface area contributed by atoms with Gasteiger partial charge in [0.25, 0.3) is 0 Å². The first-order chi connectivity index (χ1) is 9.06. The number of aliphatic hydroxyl groups excluding tert-OH is 1. The number of hydrogen-bond donors (Lipinski definition) is 2. The molecule has 3 nitrogen and oxygen atoms in total. The first-order valence-electron chi connectivity index (χ1n) is 7.01. The Morgan fingerprint density at radius 3 is 2.68 bits per heavy atom. The minimum atomic E-state index is -0.124. The van der Waals surface area contributed by atoms with E-state index in [2.05, 4.69) is 58.2 Å². The predicted octanol–water partition coefficient (Wildman–Crippen LogP) is 2.91. The fraction of sp³-hybridized carbons (Fsp3) is 0.600. The normalized spacial score (nSPS) is 17.2. The largest absolute Gasteiger partial charge is 0.393 e. The zero-order valence-corrected chi connectivity index (χ0v) is 13.3. The number of benzene rings is 1. The van der Waals surface area contributed by atoms with Crippen LogP contribution in [0.25, 0.3) is 0 Å². The smallest absolute Gasteiger partial charge is 0.0574 e. The molecule has 4 heteroatoms. The van der Waals surface area contributed by atoms with E-state index >= 15 is 0 Å². The van der Waals surface area contributed by atoms with Crippen molar-refractivity contribution in [2.45, 2.75) is 45.4 Å². The molecule has 2 rings (SSSR count). The highest BCUT2D eigenvalue weighted by molar-refractivity contribution is 9.10. The minimum Gasteiger partial charge on any atom is -0.393 e. The van der Waals surface area contributed by atoms with Gasteiger partial charge in [0, 0.05) is 35.8 Å². The highest BCUT2D eigenvalue weighted by Gasteiger charge is 2.19. The average Bonchev–Trinajstić information content (AvgIpc) is 2.38. The van der Waals surface area contributed by atoms with E-state index in [9.17, 15) is 5.11 Å². The van der Waals surface area contributed by atoms with Gasteiger partial charge in [0.05, 0.1) is 6.10 Å². The second kappa shape index (κ2) is 6.73. The lowest BCUT2D eigenvalue weighted by Crippen LogP contribution is -2.36. The number of hydrogen-bond acceptors (Lipinski definition) is 3. The van der Waals surface area contributed by atoms with Crippen LogP contribution in [-0.2, 0) is 6.54 Å². The van der Waals surface area contributed by atoms with Gasteiger partial charge >= 0.3 is 0 Å². The van der Waals surface area contributed by atoms with Crippen LogP contribution < -0.4 is 10.2 Å². The van der Waals surface area contributed by atoms with E-state index in [0.717, 1.165) is 36.9 Å². The van der Waals surface area contributed by atoms with Gasteiger partial charge in [-0.2, -0.15) is 0 Å². The number of aliphatic hydroxyl groups is 1. The van der Waals surface area contributed by atoms with E-state index in [4.69, 9.17) is 0 Å². The van der Waals surface area contributed by atoms with Crippen molar-refractivity contribution in [3.63, 3.8) is 0 Å². The van der Waals surface area contributed by atoms with E-state index in [0.29, 0.717) is 6.04 Å². The Labute approximate surface area is 124 Å². The Morgan fingerprint density at radius 1 is 1.37 bits per heavy atom. The summed E-state index contributed by atoms with van der Waals surface area (Å²) in [5.41, 5.74) is 2.61. The van der Waals surface area contributed by atoms with E-state index < -0.39 is 0 Å². The molecule has 1 aliphatic heterocycles. The monoisotopic (exact) mass is 326 g/mol. The van der Waals surface area contributed by atoms with Gasteiger partial charge in [-0.3, -0.25) is 0 Å². The molecule has 1 aromatic rings. The Kier molecular flexibility index (Phi) is 5.25. The molecule has 0 spiro atoms. The van der Waals surface area contributed by atoms with Crippen LogP contribution in [0.15, 0.2) is 22.7 Å². The Balaban J connectivity index is 2.14. The number of piperidine rings is 1. The van der Waals surface area contributed by atoms with E-state index in [1.165, 1.54) is 11.3 Å². The summed E-state index contributed by atoms with van der Waals surface area (Å²) in [5.74, 6) is 0. The average molecular weight is 327 g/mol. The van der Waals surface area contributed by atoms with Gasteiger partial charge in [-0.1, -0.05) is 35.8 Å². The standard InChI is InChI=1S/C15H23BrN2O/c1-11(2)17-10-12-3-4-13(16)9-15(12)18-7-5-14(19)6-8-18/h3-4,9,11,14,17,19H,5-8,10H2,1-2H3. The minimum absolute atomic E-state index is 0.124. The summed E-state index contributed by atoms with van der Waals surface area (Å²) in [7, 11) is 0. The number of nitrogens with one attached hydrogen (secondary N) is 1. The molecule has 0 saturated carbocycles. The van der Waals surface area contributed by atoms with Crippen LogP contribution in [0.3, 0.4) is 0 Å². The SMILES string of the molecule is CC(C)NCc1ccc(Br)cc1N1CCC(O)CC1. The molecule has 2 N–H and O–H groups in total. The second-order valence-corrected chi connectivity index (χ2v) is 6.44. The third-order valence-electron chi connectivity index (χ3n) is 3.55. The van der Waals surface area contributed by atoms with Crippen LogP contribution in [0.4, 0.5) is 5.69 Å². The van der Waals surface area contributed by atoms with E-state index in [1.807, 2.05) is 0 Å². The topological polar surface area (TPSA) is 35.5 Å². The van der Waals surface area contributed by atoms with Crippen LogP contribution >= 0.6 is 15.9 Å². The molecule has 0 atom stereocenters. The molecule has 19 heavy (non-hydrogen) atoms. The number of halogens is 1. The zero-order valence-electron chi connectivity index (χ0n) is 11.7. The van der Waals surface area contributed by atoms with Crippen LogP contribution in [0.5, 0.6) is 0 Å². The predicted molar refractivity (Wildman–Crippen MR) is 83.6 cm³/mol. The summed E-state index contributed by atoms with van der Waals surface area (Å²) in [6, 6.07) is 6.95. The summed E-state index contributed by atoms with van der Waals surface area (Å²) >= 11 is 3.56. The third-order valence-corrected chi connectivity index (χ3v) is 4.05. The first kappa shape index (κ1) is 14.8. The summed E-state index contributed by atoms with van der Waals surface area (Å²) in [6.45, 7) is 7.09. The van der Waals surface area contributed by atoms with Gasteiger partial charge in [-0.05, 0) is 30.5 Å². The molecule has 0 unspecified atom stereocenters. The van der Waals surface area contributed by atoms with E-state index in [-0.39, 0.29) is 6.10 Å². The number of rotatable bonds is 4. The van der Waals surface area contributed by atoms with Crippen molar-refractivity contribution in [3.05, 3.63) is 28.2 Å². The van der Waals surface area contributed by atoms with Crippen LogP contribution in [0, 0.1) is 0 Å². The quantitative estimate of drug-likeness (QED) is 0.893. The summed E-state index contributed by atoms with van der Waals surface area (Å²) in [4.78, 5) is 2.38. The van der Waals surface area contributed by atoms with Crippen molar-refractivity contribution in [2.75, 3.05) is 18.0 Å². The lowest BCUT2D eigenvalue weighted by atomic mass is 10.0. The molecule has 1 saturated heterocycles. The highest BCUT2D eigenvalue weighted by atomic mass is 79.9. The van der Waals surface area contributed by atoms with Gasteiger partial charge in [-0.25, -0.2) is 0 Å². The molecule has 0 bridgehead atoms. The van der Waals surface area contributed by atoms with Gasteiger partial charge in [-0.15, -0.1) is 0 Å². The third kappa shape index (κ3) is 4.20. The lowest BCUT2D eigenvalue weighted by molar-refractivity contribution is 0.145. The maximum atomic E-state index is 9.63.